The van der Waals surface area contributed by atoms with Crippen LogP contribution < -0.4 is 24.3 Å². The number of hydrogen-bond acceptors (Lipinski definition) is 8. The topological polar surface area (TPSA) is 109 Å². The highest BCUT2D eigenvalue weighted by Gasteiger charge is 2.26. The van der Waals surface area contributed by atoms with Crippen molar-refractivity contribution in [3.05, 3.63) is 45.5 Å². The molecule has 0 aromatic heterocycles. The maximum Gasteiger partial charge on any atom is 0.340 e. The summed E-state index contributed by atoms with van der Waals surface area (Å²) in [6, 6.07) is 2.92. The molecule has 0 spiro atoms. The number of ether oxygens (including phenoxy) is 5. The predicted molar refractivity (Wildman–Crippen MR) is 125 cm³/mol. The van der Waals surface area contributed by atoms with Crippen LogP contribution in [0.4, 0.5) is 5.69 Å². The minimum atomic E-state index is -0.650. The van der Waals surface area contributed by atoms with Crippen molar-refractivity contribution in [2.45, 2.75) is 27.7 Å². The number of benzene rings is 2. The zero-order chi connectivity index (χ0) is 25.2. The van der Waals surface area contributed by atoms with Crippen LogP contribution in [0.15, 0.2) is 17.7 Å². The van der Waals surface area contributed by atoms with Crippen LogP contribution in [0.25, 0.3) is 6.08 Å². The van der Waals surface area contributed by atoms with Crippen LogP contribution in [0.1, 0.15) is 39.5 Å². The summed E-state index contributed by atoms with van der Waals surface area (Å²) in [6.45, 7) is 6.87. The van der Waals surface area contributed by atoms with Crippen LogP contribution in [0.2, 0.25) is 0 Å². The van der Waals surface area contributed by atoms with E-state index in [1.165, 1.54) is 40.4 Å². The highest BCUT2D eigenvalue weighted by Crippen LogP contribution is 2.41. The van der Waals surface area contributed by atoms with Gasteiger partial charge in [-0.25, -0.2) is 4.79 Å². The smallest absolute Gasteiger partial charge is 0.340 e. The van der Waals surface area contributed by atoms with E-state index in [-0.39, 0.29) is 17.9 Å². The van der Waals surface area contributed by atoms with Crippen molar-refractivity contribution in [3.8, 4) is 23.0 Å². The van der Waals surface area contributed by atoms with Gasteiger partial charge in [0.15, 0.2) is 11.5 Å². The number of amides is 1. The molecule has 0 saturated carbocycles. The molecule has 180 valence electrons. The highest BCUT2D eigenvalue weighted by atomic mass is 16.5. The molecule has 0 radical (unpaired) electrons. The lowest BCUT2D eigenvalue weighted by Gasteiger charge is -2.24. The second-order valence-electron chi connectivity index (χ2n) is 7.70. The van der Waals surface area contributed by atoms with Gasteiger partial charge in [0.05, 0.1) is 38.2 Å². The Kier molecular flexibility index (Phi) is 7.14. The Morgan fingerprint density at radius 2 is 1.59 bits per heavy atom. The molecule has 1 heterocycles. The van der Waals surface area contributed by atoms with E-state index in [1.54, 1.807) is 13.0 Å². The third-order valence-electron chi connectivity index (χ3n) is 5.64. The quantitative estimate of drug-likeness (QED) is 0.503. The van der Waals surface area contributed by atoms with Crippen molar-refractivity contribution in [2.75, 3.05) is 33.3 Å². The van der Waals surface area contributed by atoms with Crippen LogP contribution in [0.3, 0.4) is 0 Å². The van der Waals surface area contributed by atoms with Crippen LogP contribution in [0.5, 0.6) is 23.0 Å². The third kappa shape index (κ3) is 4.54. The fraction of sp³-hybridized carbons (Fsp3) is 0.320. The first kappa shape index (κ1) is 24.6. The molecule has 1 amide bonds. The molecule has 9 nitrogen and oxygen atoms in total. The molecule has 1 N–H and O–H groups in total. The summed E-state index contributed by atoms with van der Waals surface area (Å²) in [6.07, 6.45) is 1.70. The summed E-state index contributed by atoms with van der Waals surface area (Å²) < 4.78 is 26.7. The lowest BCUT2D eigenvalue weighted by atomic mass is 9.94. The van der Waals surface area contributed by atoms with Crippen LogP contribution in [-0.4, -0.2) is 45.8 Å². The van der Waals surface area contributed by atoms with Gasteiger partial charge in [-0.1, -0.05) is 0 Å². The van der Waals surface area contributed by atoms with Crippen molar-refractivity contribution in [1.82, 2.24) is 0 Å². The van der Waals surface area contributed by atoms with Crippen LogP contribution in [-0.2, 0) is 14.3 Å². The van der Waals surface area contributed by atoms with Gasteiger partial charge in [0.25, 0.3) is 5.91 Å². The normalized spacial score (nSPS) is 12.0. The minimum Gasteiger partial charge on any atom is -0.493 e. The first-order valence-electron chi connectivity index (χ1n) is 10.4. The zero-order valence-corrected chi connectivity index (χ0v) is 20.2. The number of hydrogen-bond donors (Lipinski definition) is 1. The summed E-state index contributed by atoms with van der Waals surface area (Å²) in [5.41, 5.74) is 3.56. The van der Waals surface area contributed by atoms with Crippen LogP contribution >= 0.6 is 0 Å². The number of anilines is 1. The number of esters is 2. The van der Waals surface area contributed by atoms with Gasteiger partial charge in [-0.05, 0) is 38.0 Å². The van der Waals surface area contributed by atoms with Crippen LogP contribution in [0, 0.1) is 20.8 Å². The molecule has 0 saturated heterocycles. The second-order valence-corrected chi connectivity index (χ2v) is 7.70. The van der Waals surface area contributed by atoms with E-state index in [9.17, 15) is 14.4 Å². The fourth-order valence-corrected chi connectivity index (χ4v) is 3.73. The first-order valence-corrected chi connectivity index (χ1v) is 10.4. The Bertz CT molecular complexity index is 1210. The van der Waals surface area contributed by atoms with E-state index < -0.39 is 17.8 Å². The van der Waals surface area contributed by atoms with Crippen molar-refractivity contribution < 1.29 is 38.1 Å². The molecule has 3 rings (SSSR count). The Hall–Kier alpha value is -4.01. The third-order valence-corrected chi connectivity index (χ3v) is 5.64. The Morgan fingerprint density at radius 3 is 2.18 bits per heavy atom. The molecule has 0 fully saturated rings. The largest absolute Gasteiger partial charge is 0.493 e. The van der Waals surface area contributed by atoms with Gasteiger partial charge in [0, 0.05) is 30.2 Å². The molecule has 0 bridgehead atoms. The average molecular weight is 469 g/mol. The predicted octanol–water partition coefficient (Wildman–Crippen LogP) is 3.76. The molecule has 34 heavy (non-hydrogen) atoms. The van der Waals surface area contributed by atoms with Crippen molar-refractivity contribution in [1.29, 1.82) is 0 Å². The zero-order valence-electron chi connectivity index (χ0n) is 20.2. The summed E-state index contributed by atoms with van der Waals surface area (Å²) in [7, 11) is 4.13. The molecule has 2 aromatic carbocycles. The van der Waals surface area contributed by atoms with Gasteiger partial charge < -0.3 is 29.0 Å². The summed E-state index contributed by atoms with van der Waals surface area (Å²) >= 11 is 0. The molecule has 9 heteroatoms. The highest BCUT2D eigenvalue weighted by molar-refractivity contribution is 6.10. The Labute approximate surface area is 197 Å². The van der Waals surface area contributed by atoms with Crippen molar-refractivity contribution in [3.63, 3.8) is 0 Å². The van der Waals surface area contributed by atoms with E-state index in [4.69, 9.17) is 23.7 Å². The number of methoxy groups -OCH3 is 3. The molecule has 2 aromatic rings. The summed E-state index contributed by atoms with van der Waals surface area (Å²) in [4.78, 5) is 37.1. The van der Waals surface area contributed by atoms with E-state index in [2.05, 4.69) is 5.32 Å². The molecule has 0 aliphatic carbocycles. The van der Waals surface area contributed by atoms with Gasteiger partial charge in [0.2, 0.25) is 0 Å². The SMILES string of the molecule is COC(=O)c1cc(OC)c(OC)cc1NC(=O)C1=Cc2c(C)c(OC(C)=O)c(C)c(C)c2OC1. The van der Waals surface area contributed by atoms with E-state index in [0.717, 1.165) is 11.1 Å². The lowest BCUT2D eigenvalue weighted by molar-refractivity contribution is -0.132. The maximum absolute atomic E-state index is 13.2. The molecule has 0 atom stereocenters. The van der Waals surface area contributed by atoms with Crippen molar-refractivity contribution >= 4 is 29.6 Å². The summed E-state index contributed by atoms with van der Waals surface area (Å²) in [5.74, 6) is 0.153. The monoisotopic (exact) mass is 469 g/mol. The number of rotatable bonds is 6. The number of nitrogens with one attached hydrogen (secondary N) is 1. The van der Waals surface area contributed by atoms with E-state index in [0.29, 0.717) is 39.7 Å². The van der Waals surface area contributed by atoms with Gasteiger partial charge in [-0.3, -0.25) is 9.59 Å². The maximum atomic E-state index is 13.2. The number of fused-ring (bicyclic) bond motifs is 1. The minimum absolute atomic E-state index is 0.0202. The average Bonchev–Trinajstić information content (AvgIpc) is 2.83. The van der Waals surface area contributed by atoms with Gasteiger partial charge in [-0.15, -0.1) is 0 Å². The fourth-order valence-electron chi connectivity index (χ4n) is 3.73. The molecular weight excluding hydrogens is 442 g/mol. The Morgan fingerprint density at radius 1 is 0.941 bits per heavy atom. The van der Waals surface area contributed by atoms with Crippen molar-refractivity contribution in [2.24, 2.45) is 0 Å². The van der Waals surface area contributed by atoms with Gasteiger partial charge >= 0.3 is 11.9 Å². The summed E-state index contributed by atoms with van der Waals surface area (Å²) in [5, 5.41) is 2.74. The van der Waals surface area contributed by atoms with E-state index in [1.807, 2.05) is 13.8 Å². The molecule has 0 unspecified atom stereocenters. The first-order chi connectivity index (χ1) is 16.1. The Balaban J connectivity index is 2.03. The molecular formula is C25H27NO8. The molecule has 1 aliphatic rings. The van der Waals surface area contributed by atoms with Gasteiger partial charge in [0.1, 0.15) is 18.1 Å². The lowest BCUT2D eigenvalue weighted by Crippen LogP contribution is -2.23. The van der Waals surface area contributed by atoms with E-state index >= 15 is 0 Å². The standard InChI is InChI=1S/C25H27NO8/c1-12-13(2)23-17(14(3)22(12)34-15(4)27)8-16(11-33-23)24(28)26-19-10-21(31-6)20(30-5)9-18(19)25(29)32-7/h8-10H,11H2,1-7H3,(H,26,28). The number of carbonyl (C=O) groups excluding carboxylic acids is 3. The number of carbonyl (C=O) groups is 3. The molecule has 1 aliphatic heterocycles. The second kappa shape index (κ2) is 9.86. The van der Waals surface area contributed by atoms with Gasteiger partial charge in [-0.2, -0.15) is 0 Å².